The highest BCUT2D eigenvalue weighted by atomic mass is 14.8. The Hall–Kier alpha value is -0.300. The van der Waals surface area contributed by atoms with Gasteiger partial charge < -0.3 is 0 Å². The van der Waals surface area contributed by atoms with Crippen molar-refractivity contribution in [3.63, 3.8) is 0 Å². The third-order valence-electron chi connectivity index (χ3n) is 3.46. The maximum atomic E-state index is 4.47. The van der Waals surface area contributed by atoms with Crippen LogP contribution in [-0.4, -0.2) is 13.1 Å². The van der Waals surface area contributed by atoms with Crippen LogP contribution in [0.3, 0.4) is 0 Å². The zero-order valence-electron chi connectivity index (χ0n) is 13.5. The second-order valence-corrected chi connectivity index (χ2v) is 5.55. The number of unbranched alkanes of at least 4 members (excludes halogenated alkanes) is 9. The fraction of sp³-hybridized carbons (Fsp3) is 0.889. The molecule has 0 aromatic rings. The smallest absolute Gasteiger partial charge is 0.0133 e. The minimum absolute atomic E-state index is 1.06. The van der Waals surface area contributed by atoms with Crippen molar-refractivity contribution in [3.05, 3.63) is 12.2 Å². The molecule has 0 aliphatic rings. The molecule has 0 fully saturated rings. The van der Waals surface area contributed by atoms with E-state index in [0.717, 1.165) is 13.1 Å². The predicted octanol–water partition coefficient (Wildman–Crippen LogP) is 5.87. The molecule has 0 N–H and O–H groups in total. The first-order chi connectivity index (χ1) is 9.41. The van der Waals surface area contributed by atoms with E-state index in [1.54, 1.807) is 0 Å². The summed E-state index contributed by atoms with van der Waals surface area (Å²) in [6, 6.07) is 0. The molecule has 19 heavy (non-hydrogen) atoms. The van der Waals surface area contributed by atoms with Crippen LogP contribution in [0.5, 0.6) is 0 Å². The fourth-order valence-corrected chi connectivity index (χ4v) is 2.21. The van der Waals surface area contributed by atoms with Crippen LogP contribution in [0.25, 0.3) is 0 Å². The Morgan fingerprint density at radius 1 is 0.579 bits per heavy atom. The Bertz CT molecular complexity index is 175. The summed E-state index contributed by atoms with van der Waals surface area (Å²) in [6.45, 7) is 6.61. The molecule has 0 aliphatic carbocycles. The second-order valence-electron chi connectivity index (χ2n) is 5.55. The van der Waals surface area contributed by atoms with Gasteiger partial charge in [-0.25, -0.2) is 5.32 Å². The molecule has 0 heterocycles. The van der Waals surface area contributed by atoms with Crippen molar-refractivity contribution in [2.45, 2.75) is 90.9 Å². The maximum Gasteiger partial charge on any atom is 0.0133 e. The summed E-state index contributed by atoms with van der Waals surface area (Å²) >= 11 is 0. The molecule has 0 atom stereocenters. The summed E-state index contributed by atoms with van der Waals surface area (Å²) in [4.78, 5) is 0. The molecule has 0 aromatic carbocycles. The van der Waals surface area contributed by atoms with E-state index in [9.17, 15) is 0 Å². The van der Waals surface area contributed by atoms with E-state index in [2.05, 4.69) is 31.3 Å². The van der Waals surface area contributed by atoms with Gasteiger partial charge in [0.05, 0.1) is 0 Å². The van der Waals surface area contributed by atoms with Gasteiger partial charge in [0.1, 0.15) is 0 Å². The number of hydrogen-bond donors (Lipinski definition) is 0. The minimum atomic E-state index is 1.06. The van der Waals surface area contributed by atoms with Gasteiger partial charge in [0.2, 0.25) is 0 Å². The molecule has 1 heteroatoms. The van der Waals surface area contributed by atoms with Crippen LogP contribution >= 0.6 is 0 Å². The Labute approximate surface area is 122 Å². The summed E-state index contributed by atoms with van der Waals surface area (Å²) in [7, 11) is 0. The summed E-state index contributed by atoms with van der Waals surface area (Å²) in [5.41, 5.74) is 0. The van der Waals surface area contributed by atoms with Crippen LogP contribution in [0, 0.1) is 0 Å². The first kappa shape index (κ1) is 18.7. The van der Waals surface area contributed by atoms with Gasteiger partial charge in [-0.2, -0.15) is 0 Å². The summed E-state index contributed by atoms with van der Waals surface area (Å²) in [5, 5.41) is 4.47. The normalized spacial score (nSPS) is 11.5. The Morgan fingerprint density at radius 3 is 1.79 bits per heavy atom. The molecule has 0 spiro atoms. The molecule has 0 saturated heterocycles. The molecular formula is C18H36N. The second kappa shape index (κ2) is 17.7. The van der Waals surface area contributed by atoms with Crippen LogP contribution in [-0.2, 0) is 0 Å². The molecule has 0 aromatic heterocycles. The van der Waals surface area contributed by atoms with Crippen molar-refractivity contribution in [3.8, 4) is 0 Å². The zero-order chi connectivity index (χ0) is 14.0. The lowest BCUT2D eigenvalue weighted by Crippen LogP contribution is -2.07. The number of rotatable bonds is 15. The van der Waals surface area contributed by atoms with E-state index in [-0.39, 0.29) is 0 Å². The molecule has 1 radical (unpaired) electrons. The maximum absolute atomic E-state index is 4.47. The van der Waals surface area contributed by atoms with E-state index in [0.29, 0.717) is 0 Å². The highest BCUT2D eigenvalue weighted by molar-refractivity contribution is 4.81. The van der Waals surface area contributed by atoms with Gasteiger partial charge in [-0.3, -0.25) is 0 Å². The quantitative estimate of drug-likeness (QED) is 0.260. The summed E-state index contributed by atoms with van der Waals surface area (Å²) < 4.78 is 0. The SMILES string of the molecule is CCCCCCC=CCCCCCCC[N]CCC. The average molecular weight is 266 g/mol. The van der Waals surface area contributed by atoms with Gasteiger partial charge in [0, 0.05) is 13.1 Å². The predicted molar refractivity (Wildman–Crippen MR) is 87.8 cm³/mol. The third kappa shape index (κ3) is 17.7. The molecule has 0 rings (SSSR count). The first-order valence-electron chi connectivity index (χ1n) is 8.70. The van der Waals surface area contributed by atoms with Gasteiger partial charge in [-0.05, 0) is 38.5 Å². The van der Waals surface area contributed by atoms with Crippen molar-refractivity contribution in [2.75, 3.05) is 13.1 Å². The number of allylic oxidation sites excluding steroid dienone is 2. The zero-order valence-corrected chi connectivity index (χ0v) is 13.5. The van der Waals surface area contributed by atoms with Gasteiger partial charge in [-0.15, -0.1) is 0 Å². The summed E-state index contributed by atoms with van der Waals surface area (Å²) in [5.74, 6) is 0. The van der Waals surface area contributed by atoms with Crippen LogP contribution in [0.15, 0.2) is 12.2 Å². The molecule has 0 aliphatic heterocycles. The lowest BCUT2D eigenvalue weighted by atomic mass is 10.1. The molecule has 0 amide bonds. The van der Waals surface area contributed by atoms with E-state index in [1.165, 1.54) is 77.0 Å². The Morgan fingerprint density at radius 2 is 1.16 bits per heavy atom. The minimum Gasteiger partial charge on any atom is -0.242 e. The van der Waals surface area contributed by atoms with Crippen LogP contribution in [0.2, 0.25) is 0 Å². The highest BCUT2D eigenvalue weighted by Crippen LogP contribution is 2.07. The van der Waals surface area contributed by atoms with E-state index < -0.39 is 0 Å². The third-order valence-corrected chi connectivity index (χ3v) is 3.46. The van der Waals surface area contributed by atoms with Gasteiger partial charge in [-0.1, -0.05) is 64.5 Å². The largest absolute Gasteiger partial charge is 0.242 e. The van der Waals surface area contributed by atoms with Crippen molar-refractivity contribution in [1.29, 1.82) is 0 Å². The average Bonchev–Trinajstić information content (AvgIpc) is 2.43. The van der Waals surface area contributed by atoms with Gasteiger partial charge >= 0.3 is 0 Å². The molecule has 113 valence electrons. The van der Waals surface area contributed by atoms with Crippen LogP contribution in [0.4, 0.5) is 0 Å². The standard InChI is InChI=1S/C18H36N/c1-3-5-6-7-8-9-10-11-12-13-14-15-16-18-19-17-4-2/h9-10H,3-8,11-18H2,1-2H3. The lowest BCUT2D eigenvalue weighted by Gasteiger charge is -2.01. The van der Waals surface area contributed by atoms with Crippen LogP contribution < -0.4 is 5.32 Å². The van der Waals surface area contributed by atoms with E-state index in [1.807, 2.05) is 0 Å². The lowest BCUT2D eigenvalue weighted by molar-refractivity contribution is 0.569. The summed E-state index contributed by atoms with van der Waals surface area (Å²) in [6.07, 6.45) is 20.9. The van der Waals surface area contributed by atoms with Crippen molar-refractivity contribution in [1.82, 2.24) is 5.32 Å². The number of nitrogens with zero attached hydrogens (tertiary/aromatic N) is 1. The molecule has 0 bridgehead atoms. The van der Waals surface area contributed by atoms with E-state index >= 15 is 0 Å². The monoisotopic (exact) mass is 266 g/mol. The fourth-order valence-electron chi connectivity index (χ4n) is 2.21. The van der Waals surface area contributed by atoms with Crippen molar-refractivity contribution < 1.29 is 0 Å². The number of hydrogen-bond acceptors (Lipinski definition) is 0. The highest BCUT2D eigenvalue weighted by Gasteiger charge is 1.91. The van der Waals surface area contributed by atoms with E-state index in [4.69, 9.17) is 0 Å². The van der Waals surface area contributed by atoms with Crippen molar-refractivity contribution in [2.24, 2.45) is 0 Å². The Kier molecular flexibility index (Phi) is 17.4. The van der Waals surface area contributed by atoms with Crippen LogP contribution in [0.1, 0.15) is 90.9 Å². The topological polar surface area (TPSA) is 14.1 Å². The van der Waals surface area contributed by atoms with Gasteiger partial charge in [0.15, 0.2) is 0 Å². The van der Waals surface area contributed by atoms with Crippen molar-refractivity contribution >= 4 is 0 Å². The molecule has 0 saturated carbocycles. The molecule has 0 unspecified atom stereocenters. The molecule has 1 nitrogen and oxygen atoms in total. The molecular weight excluding hydrogens is 230 g/mol. The first-order valence-corrected chi connectivity index (χ1v) is 8.70. The van der Waals surface area contributed by atoms with Gasteiger partial charge in [0.25, 0.3) is 0 Å². The Balaban J connectivity index is 2.99.